The molecular weight excluding hydrogens is 460 g/mol. The van der Waals surface area contributed by atoms with Gasteiger partial charge in [-0.25, -0.2) is 0 Å². The number of nitrogens with zero attached hydrogens (tertiary/aromatic N) is 1. The predicted octanol–water partition coefficient (Wildman–Crippen LogP) is 0.509. The van der Waals surface area contributed by atoms with Crippen LogP contribution in [0.3, 0.4) is 0 Å². The number of benzene rings is 2. The Labute approximate surface area is 200 Å². The molecule has 0 aromatic heterocycles. The monoisotopic (exact) mass is 483 g/mol. The van der Waals surface area contributed by atoms with Crippen LogP contribution in [0.4, 0.5) is 5.69 Å². The second kappa shape index (κ2) is 8.11. The van der Waals surface area contributed by atoms with Crippen LogP contribution in [0.5, 0.6) is 5.75 Å². The van der Waals surface area contributed by atoms with Crippen LogP contribution in [-0.2, 0) is 31.3 Å². The molecule has 0 bridgehead atoms. The number of primary amides is 1. The summed E-state index contributed by atoms with van der Waals surface area (Å²) in [4.78, 5) is 53.5. The summed E-state index contributed by atoms with van der Waals surface area (Å²) in [6.45, 7) is 0.0807. The van der Waals surface area contributed by atoms with Crippen molar-refractivity contribution in [1.29, 1.82) is 0 Å². The summed E-state index contributed by atoms with van der Waals surface area (Å²) < 4.78 is 5.18. The number of quaternary nitrogens is 1. The van der Waals surface area contributed by atoms with Crippen molar-refractivity contribution in [1.82, 2.24) is 4.90 Å². The van der Waals surface area contributed by atoms with Crippen molar-refractivity contribution >= 4 is 40.9 Å². The third-order valence-electron chi connectivity index (χ3n) is 7.15. The van der Waals surface area contributed by atoms with Gasteiger partial charge >= 0.3 is 0 Å². The van der Waals surface area contributed by atoms with E-state index in [2.05, 4.69) is 5.32 Å². The summed E-state index contributed by atoms with van der Waals surface area (Å²) in [5, 5.41) is 5.04. The second-order valence-corrected chi connectivity index (χ2v) is 9.40. The number of methoxy groups -OCH3 is 1. The van der Waals surface area contributed by atoms with Crippen molar-refractivity contribution in [3.8, 4) is 5.75 Å². The molecule has 9 nitrogen and oxygen atoms in total. The third-order valence-corrected chi connectivity index (χ3v) is 7.38. The van der Waals surface area contributed by atoms with Gasteiger partial charge in [-0.05, 0) is 35.9 Å². The molecular formula is C24H24ClN4O5+. The molecule has 5 N–H and O–H groups in total. The Morgan fingerprint density at radius 2 is 1.91 bits per heavy atom. The average molecular weight is 484 g/mol. The number of amides is 4. The van der Waals surface area contributed by atoms with Crippen LogP contribution in [0.2, 0.25) is 5.02 Å². The van der Waals surface area contributed by atoms with Crippen molar-refractivity contribution in [3.63, 3.8) is 0 Å². The Hall–Kier alpha value is -3.43. The normalized spacial score (nSPS) is 27.2. The molecule has 4 amide bonds. The van der Waals surface area contributed by atoms with Gasteiger partial charge in [0.2, 0.25) is 23.3 Å². The standard InChI is InChI=1S/C24H23ClN4O5/c1-34-14-5-2-12(3-6-14)11-29-21(31)19-17(8-9-18(26)30)28-24(20(19)22(29)32)15-10-13(25)4-7-16(15)27-23(24)33/h2-7,10,17,19-20,28H,8-9,11H2,1H3,(H2,26,30)(H,27,33)/p+1/t17-,19-,20+,24-/m0/s1. The van der Waals surface area contributed by atoms with E-state index in [-0.39, 0.29) is 31.2 Å². The minimum Gasteiger partial charge on any atom is -0.497 e. The number of hydrogen-bond acceptors (Lipinski definition) is 5. The molecule has 3 aliphatic heterocycles. The first-order valence-electron chi connectivity index (χ1n) is 11.0. The highest BCUT2D eigenvalue weighted by atomic mass is 35.5. The highest BCUT2D eigenvalue weighted by molar-refractivity contribution is 6.31. The first-order valence-corrected chi connectivity index (χ1v) is 11.4. The summed E-state index contributed by atoms with van der Waals surface area (Å²) in [7, 11) is 1.56. The first-order chi connectivity index (χ1) is 16.3. The maximum absolute atomic E-state index is 13.8. The Morgan fingerprint density at radius 1 is 1.18 bits per heavy atom. The molecule has 1 spiro atoms. The van der Waals surface area contributed by atoms with Gasteiger partial charge in [-0.2, -0.15) is 0 Å². The minimum atomic E-state index is -1.34. The van der Waals surface area contributed by atoms with E-state index in [1.807, 2.05) is 0 Å². The number of nitrogens with one attached hydrogen (secondary N) is 1. The largest absolute Gasteiger partial charge is 0.497 e. The number of likely N-dealkylation sites (tertiary alicyclic amines) is 1. The number of carbonyl (C=O) groups excluding carboxylic acids is 4. The van der Waals surface area contributed by atoms with E-state index in [0.717, 1.165) is 5.56 Å². The maximum atomic E-state index is 13.8. The fraction of sp³-hybridized carbons (Fsp3) is 0.333. The molecule has 176 valence electrons. The number of hydrogen-bond donors (Lipinski definition) is 3. The van der Waals surface area contributed by atoms with Gasteiger partial charge < -0.3 is 21.1 Å². The molecule has 34 heavy (non-hydrogen) atoms. The zero-order chi connectivity index (χ0) is 24.2. The lowest BCUT2D eigenvalue weighted by Gasteiger charge is -2.26. The molecule has 3 heterocycles. The van der Waals surface area contributed by atoms with Crippen LogP contribution in [0.25, 0.3) is 0 Å². The number of halogens is 1. The molecule has 0 unspecified atom stereocenters. The topological polar surface area (TPSA) is 135 Å². The predicted molar refractivity (Wildman–Crippen MR) is 121 cm³/mol. The summed E-state index contributed by atoms with van der Waals surface area (Å²) in [6.07, 6.45) is 0.321. The highest BCUT2D eigenvalue weighted by Gasteiger charge is 2.74. The number of ether oxygens (including phenoxy) is 1. The van der Waals surface area contributed by atoms with E-state index >= 15 is 0 Å². The maximum Gasteiger partial charge on any atom is 0.291 e. The van der Waals surface area contributed by atoms with E-state index in [1.54, 1.807) is 54.9 Å². The van der Waals surface area contributed by atoms with Crippen LogP contribution in [0.15, 0.2) is 42.5 Å². The number of rotatable bonds is 6. The van der Waals surface area contributed by atoms with Gasteiger partial charge in [0, 0.05) is 23.4 Å². The number of imide groups is 1. The zero-order valence-electron chi connectivity index (χ0n) is 18.4. The van der Waals surface area contributed by atoms with Gasteiger partial charge in [0.1, 0.15) is 23.6 Å². The highest BCUT2D eigenvalue weighted by Crippen LogP contribution is 2.50. The number of carbonyl (C=O) groups is 4. The zero-order valence-corrected chi connectivity index (χ0v) is 19.2. The fourth-order valence-corrected chi connectivity index (χ4v) is 5.81. The van der Waals surface area contributed by atoms with E-state index in [9.17, 15) is 19.2 Å². The number of nitrogens with two attached hydrogens (primary N) is 2. The average Bonchev–Trinajstić information content (AvgIpc) is 3.39. The molecule has 2 fully saturated rings. The van der Waals surface area contributed by atoms with Crippen LogP contribution < -0.4 is 21.1 Å². The molecule has 2 aromatic rings. The van der Waals surface area contributed by atoms with Gasteiger partial charge in [-0.1, -0.05) is 23.7 Å². The van der Waals surface area contributed by atoms with Crippen molar-refractivity contribution in [2.24, 2.45) is 17.6 Å². The fourth-order valence-electron chi connectivity index (χ4n) is 5.64. The van der Waals surface area contributed by atoms with Crippen LogP contribution in [0.1, 0.15) is 24.0 Å². The third kappa shape index (κ3) is 3.26. The molecule has 2 saturated heterocycles. The van der Waals surface area contributed by atoms with Gasteiger partial charge in [0.05, 0.1) is 19.3 Å². The summed E-state index contributed by atoms with van der Waals surface area (Å²) >= 11 is 6.25. The molecule has 0 saturated carbocycles. The lowest BCUT2D eigenvalue weighted by molar-refractivity contribution is -0.734. The van der Waals surface area contributed by atoms with Gasteiger partial charge in [0.15, 0.2) is 0 Å². The van der Waals surface area contributed by atoms with Crippen molar-refractivity contribution in [2.75, 3.05) is 12.4 Å². The SMILES string of the molecule is COc1ccc(CN2C(=O)[C@H]3[C@H](CCC(N)=O)[NH2+][C@]4(C(=O)Nc5ccc(Cl)cc54)[C@H]3C2=O)cc1. The molecule has 2 aromatic carbocycles. The van der Waals surface area contributed by atoms with Crippen LogP contribution >= 0.6 is 11.6 Å². The van der Waals surface area contributed by atoms with Gasteiger partial charge in [0.25, 0.3) is 5.91 Å². The summed E-state index contributed by atoms with van der Waals surface area (Å²) in [6, 6.07) is 11.7. The molecule has 5 rings (SSSR count). The van der Waals surface area contributed by atoms with Crippen LogP contribution in [0, 0.1) is 11.8 Å². The lowest BCUT2D eigenvalue weighted by atomic mass is 9.76. The van der Waals surface area contributed by atoms with E-state index in [0.29, 0.717) is 22.0 Å². The molecule has 3 aliphatic rings. The lowest BCUT2D eigenvalue weighted by Crippen LogP contribution is -2.99. The van der Waals surface area contributed by atoms with Crippen molar-refractivity contribution < 1.29 is 29.2 Å². The Kier molecular flexibility index (Phi) is 5.33. The van der Waals surface area contributed by atoms with Gasteiger partial charge in [-0.15, -0.1) is 0 Å². The van der Waals surface area contributed by atoms with Crippen molar-refractivity contribution in [3.05, 3.63) is 58.6 Å². The Morgan fingerprint density at radius 3 is 2.59 bits per heavy atom. The molecule has 10 heteroatoms. The van der Waals surface area contributed by atoms with E-state index in [1.165, 1.54) is 4.90 Å². The first kappa shape index (κ1) is 22.4. The van der Waals surface area contributed by atoms with Crippen LogP contribution in [-0.4, -0.2) is 41.7 Å². The van der Waals surface area contributed by atoms with Crippen molar-refractivity contribution in [2.45, 2.75) is 31.0 Å². The summed E-state index contributed by atoms with van der Waals surface area (Å²) in [5.41, 5.74) is 5.93. The minimum absolute atomic E-state index is 0.0461. The number of fused-ring (bicyclic) bond motifs is 4. The van der Waals surface area contributed by atoms with E-state index < -0.39 is 35.2 Å². The smallest absolute Gasteiger partial charge is 0.291 e. The molecule has 0 radical (unpaired) electrons. The quantitative estimate of drug-likeness (QED) is 0.514. The second-order valence-electron chi connectivity index (χ2n) is 8.96. The summed E-state index contributed by atoms with van der Waals surface area (Å²) in [5.74, 6) is -2.65. The van der Waals surface area contributed by atoms with E-state index in [4.69, 9.17) is 22.1 Å². The van der Waals surface area contributed by atoms with Gasteiger partial charge in [-0.3, -0.25) is 24.1 Å². The number of anilines is 1. The Bertz CT molecular complexity index is 1220. The molecule has 4 atom stereocenters. The Balaban J connectivity index is 1.56. The molecule has 0 aliphatic carbocycles.